The summed E-state index contributed by atoms with van der Waals surface area (Å²) in [4.78, 5) is 14.9. The van der Waals surface area contributed by atoms with Gasteiger partial charge in [-0.25, -0.2) is 8.42 Å². The molecule has 1 aromatic heterocycles. The highest BCUT2D eigenvalue weighted by Gasteiger charge is 2.30. The molecule has 2 heterocycles. The molecule has 5 rings (SSSR count). The molecule has 3 aromatic rings. The van der Waals surface area contributed by atoms with Gasteiger partial charge in [-0.05, 0) is 60.7 Å². The molecular weight excluding hydrogens is 452 g/mol. The third-order valence-electron chi connectivity index (χ3n) is 6.86. The Morgan fingerprint density at radius 2 is 1.56 bits per heavy atom. The van der Waals surface area contributed by atoms with Crippen LogP contribution < -0.4 is 0 Å². The molecule has 178 valence electrons. The minimum Gasteiger partial charge on any atom is -0.423 e. The van der Waals surface area contributed by atoms with Crippen LogP contribution in [0.4, 0.5) is 0 Å². The average Bonchev–Trinajstić information content (AvgIpc) is 3.44. The number of carbonyl (C=O) groups is 1. The van der Waals surface area contributed by atoms with E-state index in [9.17, 15) is 13.2 Å². The van der Waals surface area contributed by atoms with Gasteiger partial charge in [0.2, 0.25) is 22.3 Å². The largest absolute Gasteiger partial charge is 0.423 e. The molecule has 0 radical (unpaired) electrons. The van der Waals surface area contributed by atoms with Gasteiger partial charge in [-0.2, -0.15) is 4.31 Å². The van der Waals surface area contributed by atoms with Gasteiger partial charge in [-0.3, -0.25) is 4.79 Å². The Kier molecular flexibility index (Phi) is 6.47. The van der Waals surface area contributed by atoms with Crippen molar-refractivity contribution < 1.29 is 17.6 Å². The molecule has 1 aliphatic carbocycles. The zero-order chi connectivity index (χ0) is 23.5. The Hall–Kier alpha value is -3.04. The van der Waals surface area contributed by atoms with Gasteiger partial charge in [-0.15, -0.1) is 10.2 Å². The first kappa shape index (κ1) is 22.7. The van der Waals surface area contributed by atoms with Gasteiger partial charge in [0.25, 0.3) is 5.91 Å². The molecule has 0 bridgehead atoms. The van der Waals surface area contributed by atoms with Crippen molar-refractivity contribution in [2.24, 2.45) is 0 Å². The summed E-state index contributed by atoms with van der Waals surface area (Å²) in [6.45, 7) is 1.25. The molecule has 0 atom stereocenters. The summed E-state index contributed by atoms with van der Waals surface area (Å²) in [5, 5.41) is 7.52. The highest BCUT2D eigenvalue weighted by Crippen LogP contribution is 2.33. The van der Waals surface area contributed by atoms with Crippen molar-refractivity contribution in [3.63, 3.8) is 0 Å². The van der Waals surface area contributed by atoms with Crippen molar-refractivity contribution in [2.75, 3.05) is 26.2 Å². The highest BCUT2D eigenvalue weighted by molar-refractivity contribution is 7.89. The molecule has 2 aromatic carbocycles. The SMILES string of the molecule is O=C(c1ccc(-c2nnco2)cc1)N1CCN(S(=O)(=O)c2ccc(C3CCCCC3)cc2)CC1. The van der Waals surface area contributed by atoms with Crippen LogP contribution in [-0.4, -0.2) is 59.9 Å². The lowest BCUT2D eigenvalue weighted by atomic mass is 9.84. The van der Waals surface area contributed by atoms with Crippen LogP contribution in [0, 0.1) is 0 Å². The fourth-order valence-electron chi connectivity index (χ4n) is 4.87. The van der Waals surface area contributed by atoms with E-state index in [1.165, 1.54) is 48.4 Å². The summed E-state index contributed by atoms with van der Waals surface area (Å²) in [5.41, 5.74) is 2.51. The molecule has 2 aliphatic rings. The second-order valence-corrected chi connectivity index (χ2v) is 10.9. The summed E-state index contributed by atoms with van der Waals surface area (Å²) in [6, 6.07) is 14.4. The molecule has 9 heteroatoms. The number of hydrogen-bond donors (Lipinski definition) is 0. The lowest BCUT2D eigenvalue weighted by Crippen LogP contribution is -2.50. The molecule has 0 unspecified atom stereocenters. The van der Waals surface area contributed by atoms with Crippen LogP contribution in [0.25, 0.3) is 11.5 Å². The number of nitrogens with zero attached hydrogens (tertiary/aromatic N) is 4. The molecule has 0 spiro atoms. The zero-order valence-corrected chi connectivity index (χ0v) is 19.8. The van der Waals surface area contributed by atoms with Crippen LogP contribution in [0.3, 0.4) is 0 Å². The molecule has 0 N–H and O–H groups in total. The van der Waals surface area contributed by atoms with E-state index in [2.05, 4.69) is 10.2 Å². The Bertz CT molecular complexity index is 1210. The summed E-state index contributed by atoms with van der Waals surface area (Å²) >= 11 is 0. The molecule has 8 nitrogen and oxygen atoms in total. The van der Waals surface area contributed by atoms with E-state index in [0.29, 0.717) is 35.4 Å². The van der Waals surface area contributed by atoms with Gasteiger partial charge in [0.05, 0.1) is 4.90 Å². The first-order valence-corrected chi connectivity index (χ1v) is 13.2. The third-order valence-corrected chi connectivity index (χ3v) is 8.77. The molecule has 1 saturated carbocycles. The van der Waals surface area contributed by atoms with Gasteiger partial charge in [0.15, 0.2) is 0 Å². The van der Waals surface area contributed by atoms with E-state index in [1.54, 1.807) is 41.3 Å². The van der Waals surface area contributed by atoms with E-state index >= 15 is 0 Å². The first-order valence-electron chi connectivity index (χ1n) is 11.8. The number of benzene rings is 2. The van der Waals surface area contributed by atoms with Crippen molar-refractivity contribution in [1.29, 1.82) is 0 Å². The lowest BCUT2D eigenvalue weighted by Gasteiger charge is -2.34. The first-order chi connectivity index (χ1) is 16.5. The fourth-order valence-corrected chi connectivity index (χ4v) is 6.29. The second kappa shape index (κ2) is 9.68. The van der Waals surface area contributed by atoms with Crippen LogP contribution >= 0.6 is 0 Å². The lowest BCUT2D eigenvalue weighted by molar-refractivity contribution is 0.0698. The monoisotopic (exact) mass is 480 g/mol. The van der Waals surface area contributed by atoms with Gasteiger partial charge in [0.1, 0.15) is 0 Å². The average molecular weight is 481 g/mol. The number of amides is 1. The maximum atomic E-state index is 13.2. The smallest absolute Gasteiger partial charge is 0.253 e. The van der Waals surface area contributed by atoms with E-state index in [4.69, 9.17) is 4.42 Å². The van der Waals surface area contributed by atoms with Gasteiger partial charge in [-0.1, -0.05) is 31.4 Å². The van der Waals surface area contributed by atoms with Crippen LogP contribution in [0.1, 0.15) is 53.9 Å². The number of rotatable bonds is 5. The molecular formula is C25H28N4O4S. The summed E-state index contributed by atoms with van der Waals surface area (Å²) in [5.74, 6) is 0.816. The van der Waals surface area contributed by atoms with Gasteiger partial charge >= 0.3 is 0 Å². The summed E-state index contributed by atoms with van der Waals surface area (Å²) < 4.78 is 33.0. The van der Waals surface area contributed by atoms with E-state index in [0.717, 1.165) is 5.56 Å². The summed E-state index contributed by atoms with van der Waals surface area (Å²) in [6.07, 6.45) is 7.41. The molecule has 1 amide bonds. The summed E-state index contributed by atoms with van der Waals surface area (Å²) in [7, 11) is -3.58. The predicted molar refractivity (Wildman–Crippen MR) is 127 cm³/mol. The number of hydrogen-bond acceptors (Lipinski definition) is 6. The van der Waals surface area contributed by atoms with Crippen molar-refractivity contribution in [3.05, 3.63) is 66.1 Å². The Labute approximate surface area is 199 Å². The van der Waals surface area contributed by atoms with Crippen LogP contribution in [0.5, 0.6) is 0 Å². The Morgan fingerprint density at radius 3 is 2.18 bits per heavy atom. The van der Waals surface area contributed by atoms with Crippen LogP contribution in [-0.2, 0) is 10.0 Å². The number of carbonyl (C=O) groups excluding carboxylic acids is 1. The maximum absolute atomic E-state index is 13.2. The standard InChI is InChI=1S/C25H28N4O4S/c30-25(22-8-6-21(7-9-22)24-27-26-18-33-24)28-14-16-29(17-15-28)34(31,32)23-12-10-20(11-13-23)19-4-2-1-3-5-19/h6-13,18-19H,1-5,14-17H2. The maximum Gasteiger partial charge on any atom is 0.253 e. The second-order valence-electron chi connectivity index (χ2n) is 8.92. The molecule has 2 fully saturated rings. The topological polar surface area (TPSA) is 96.6 Å². The van der Waals surface area contributed by atoms with Crippen LogP contribution in [0.2, 0.25) is 0 Å². The zero-order valence-electron chi connectivity index (χ0n) is 19.0. The van der Waals surface area contributed by atoms with Crippen molar-refractivity contribution in [2.45, 2.75) is 42.9 Å². The van der Waals surface area contributed by atoms with E-state index in [1.807, 2.05) is 12.1 Å². The molecule has 1 saturated heterocycles. The van der Waals surface area contributed by atoms with Crippen molar-refractivity contribution >= 4 is 15.9 Å². The normalized spacial score (nSPS) is 18.2. The van der Waals surface area contributed by atoms with Crippen LogP contribution in [0.15, 0.2) is 64.2 Å². The molecule has 34 heavy (non-hydrogen) atoms. The number of sulfonamides is 1. The van der Waals surface area contributed by atoms with Crippen molar-refractivity contribution in [1.82, 2.24) is 19.4 Å². The Morgan fingerprint density at radius 1 is 0.882 bits per heavy atom. The minimum absolute atomic E-state index is 0.119. The molecule has 1 aliphatic heterocycles. The van der Waals surface area contributed by atoms with Crippen molar-refractivity contribution in [3.8, 4) is 11.5 Å². The highest BCUT2D eigenvalue weighted by atomic mass is 32.2. The van der Waals surface area contributed by atoms with E-state index < -0.39 is 10.0 Å². The minimum atomic E-state index is -3.58. The number of piperazine rings is 1. The van der Waals surface area contributed by atoms with E-state index in [-0.39, 0.29) is 19.0 Å². The van der Waals surface area contributed by atoms with Gasteiger partial charge in [0, 0.05) is 37.3 Å². The Balaban J connectivity index is 1.20. The third kappa shape index (κ3) is 4.63. The quantitative estimate of drug-likeness (QED) is 0.549. The van der Waals surface area contributed by atoms with Gasteiger partial charge < -0.3 is 9.32 Å². The fraction of sp³-hybridized carbons (Fsp3) is 0.400. The number of aromatic nitrogens is 2. The predicted octanol–water partition coefficient (Wildman–Crippen LogP) is 3.93.